The number of sulfone groups is 1. The minimum absolute atomic E-state index is 0.0309. The highest BCUT2D eigenvalue weighted by Gasteiger charge is 2.36. The van der Waals surface area contributed by atoms with Gasteiger partial charge in [0.1, 0.15) is 0 Å². The van der Waals surface area contributed by atoms with Gasteiger partial charge in [-0.05, 0) is 38.3 Å². The van der Waals surface area contributed by atoms with Crippen LogP contribution >= 0.6 is 11.8 Å². The number of hydrogen-bond acceptors (Lipinski definition) is 6. The minimum Gasteiger partial charge on any atom is -0.335 e. The van der Waals surface area contributed by atoms with E-state index in [9.17, 15) is 18.0 Å². The Kier molecular flexibility index (Phi) is 7.80. The molecule has 1 aliphatic heterocycles. The number of para-hydroxylation sites is 1. The minimum atomic E-state index is -3.09. The van der Waals surface area contributed by atoms with Crippen LogP contribution in [0.15, 0.2) is 34.2 Å². The summed E-state index contributed by atoms with van der Waals surface area (Å²) in [6.45, 7) is 6.57. The van der Waals surface area contributed by atoms with Gasteiger partial charge in [0.25, 0.3) is 5.56 Å². The van der Waals surface area contributed by atoms with Gasteiger partial charge in [-0.2, -0.15) is 0 Å². The van der Waals surface area contributed by atoms with Crippen molar-refractivity contribution in [2.24, 2.45) is 0 Å². The van der Waals surface area contributed by atoms with E-state index in [4.69, 9.17) is 0 Å². The number of amides is 1. The lowest BCUT2D eigenvalue weighted by Gasteiger charge is -2.33. The molecule has 1 fully saturated rings. The molecule has 2 unspecified atom stereocenters. The fourth-order valence-corrected chi connectivity index (χ4v) is 6.58. The summed E-state index contributed by atoms with van der Waals surface area (Å²) in [6.07, 6.45) is 3.03. The zero-order valence-electron chi connectivity index (χ0n) is 18.4. The van der Waals surface area contributed by atoms with Gasteiger partial charge >= 0.3 is 0 Å². The molecule has 2 atom stereocenters. The highest BCUT2D eigenvalue weighted by atomic mass is 32.2. The molecule has 170 valence electrons. The van der Waals surface area contributed by atoms with E-state index < -0.39 is 9.84 Å². The molecule has 2 aromatic rings. The zero-order chi connectivity index (χ0) is 22.6. The van der Waals surface area contributed by atoms with Gasteiger partial charge in [-0.15, -0.1) is 0 Å². The Balaban J connectivity index is 1.85. The largest absolute Gasteiger partial charge is 0.335 e. The molecular formula is C22H31N3O4S2. The summed E-state index contributed by atoms with van der Waals surface area (Å²) in [5.41, 5.74) is 0.533. The number of rotatable bonds is 9. The van der Waals surface area contributed by atoms with Crippen LogP contribution in [0.1, 0.15) is 46.5 Å². The first-order valence-corrected chi connectivity index (χ1v) is 13.7. The van der Waals surface area contributed by atoms with E-state index in [-0.39, 0.29) is 40.8 Å². The smallest absolute Gasteiger partial charge is 0.262 e. The lowest BCUT2D eigenvalue weighted by atomic mass is 10.1. The molecule has 0 radical (unpaired) electrons. The Morgan fingerprint density at radius 2 is 2.06 bits per heavy atom. The first-order chi connectivity index (χ1) is 14.8. The van der Waals surface area contributed by atoms with Crippen LogP contribution in [0.4, 0.5) is 0 Å². The fraction of sp³-hybridized carbons (Fsp3) is 0.591. The van der Waals surface area contributed by atoms with Crippen LogP contribution in [0.25, 0.3) is 10.9 Å². The second-order valence-corrected chi connectivity index (χ2v) is 11.3. The van der Waals surface area contributed by atoms with Gasteiger partial charge in [0.15, 0.2) is 15.0 Å². The van der Waals surface area contributed by atoms with E-state index in [0.717, 1.165) is 19.3 Å². The third-order valence-electron chi connectivity index (χ3n) is 5.84. The average Bonchev–Trinajstić information content (AvgIpc) is 3.10. The van der Waals surface area contributed by atoms with E-state index in [1.165, 1.54) is 11.8 Å². The van der Waals surface area contributed by atoms with Crippen LogP contribution in [0.3, 0.4) is 0 Å². The van der Waals surface area contributed by atoms with Crippen LogP contribution in [-0.4, -0.2) is 58.1 Å². The molecule has 2 heterocycles. The molecule has 7 nitrogen and oxygen atoms in total. The summed E-state index contributed by atoms with van der Waals surface area (Å²) < 4.78 is 25.6. The molecule has 1 saturated heterocycles. The quantitative estimate of drug-likeness (QED) is 0.418. The second kappa shape index (κ2) is 10.2. The summed E-state index contributed by atoms with van der Waals surface area (Å²) in [5.74, 6) is 0.181. The van der Waals surface area contributed by atoms with Crippen molar-refractivity contribution in [1.82, 2.24) is 14.5 Å². The molecule has 1 aromatic carbocycles. The molecule has 0 bridgehead atoms. The standard InChI is InChI=1S/C22H31N3O4S2/c1-4-6-12-24-21(27)18-9-7-8-10-19(18)23-22(24)30-14-20(26)25(16(3)5-2)17-11-13-31(28,29)15-17/h7-10,16-17H,4-6,11-15H2,1-3H3. The maximum Gasteiger partial charge on any atom is 0.262 e. The molecule has 0 N–H and O–H groups in total. The number of hydrogen-bond donors (Lipinski definition) is 0. The van der Waals surface area contributed by atoms with Gasteiger partial charge in [0.05, 0.1) is 28.2 Å². The second-order valence-electron chi connectivity index (χ2n) is 8.13. The van der Waals surface area contributed by atoms with E-state index in [2.05, 4.69) is 11.9 Å². The predicted octanol–water partition coefficient (Wildman–Crippen LogP) is 3.10. The van der Waals surface area contributed by atoms with Crippen molar-refractivity contribution >= 4 is 38.4 Å². The van der Waals surface area contributed by atoms with Gasteiger partial charge in [-0.1, -0.05) is 44.2 Å². The molecule has 1 aromatic heterocycles. The summed E-state index contributed by atoms with van der Waals surface area (Å²) in [6, 6.07) is 6.93. The lowest BCUT2D eigenvalue weighted by Crippen LogP contribution is -2.47. The van der Waals surface area contributed by atoms with Gasteiger partial charge < -0.3 is 4.90 Å². The van der Waals surface area contributed by atoms with Crippen molar-refractivity contribution in [2.75, 3.05) is 17.3 Å². The van der Waals surface area contributed by atoms with Gasteiger partial charge in [0, 0.05) is 18.6 Å². The lowest BCUT2D eigenvalue weighted by molar-refractivity contribution is -0.132. The maximum absolute atomic E-state index is 13.2. The summed E-state index contributed by atoms with van der Waals surface area (Å²) >= 11 is 1.26. The summed E-state index contributed by atoms with van der Waals surface area (Å²) in [4.78, 5) is 32.6. The third-order valence-corrected chi connectivity index (χ3v) is 8.55. The van der Waals surface area contributed by atoms with E-state index in [1.54, 1.807) is 15.5 Å². The number of benzene rings is 1. The number of unbranched alkanes of at least 4 members (excludes halogenated alkanes) is 1. The topological polar surface area (TPSA) is 89.3 Å². The molecule has 31 heavy (non-hydrogen) atoms. The Bertz CT molecular complexity index is 1100. The van der Waals surface area contributed by atoms with Crippen LogP contribution in [0.5, 0.6) is 0 Å². The number of carbonyl (C=O) groups is 1. The van der Waals surface area contributed by atoms with Crippen molar-refractivity contribution in [3.05, 3.63) is 34.6 Å². The number of aromatic nitrogens is 2. The molecule has 0 spiro atoms. The molecule has 1 amide bonds. The van der Waals surface area contributed by atoms with Crippen LogP contribution in [-0.2, 0) is 21.2 Å². The molecule has 0 saturated carbocycles. The van der Waals surface area contributed by atoms with Crippen LogP contribution < -0.4 is 5.56 Å². The number of fused-ring (bicyclic) bond motifs is 1. The number of carbonyl (C=O) groups excluding carboxylic acids is 1. The summed E-state index contributed by atoms with van der Waals surface area (Å²) in [7, 11) is -3.09. The molecule has 9 heteroatoms. The normalized spacial score (nSPS) is 18.9. The predicted molar refractivity (Wildman–Crippen MR) is 125 cm³/mol. The molecule has 1 aliphatic rings. The highest BCUT2D eigenvalue weighted by molar-refractivity contribution is 7.99. The summed E-state index contributed by atoms with van der Waals surface area (Å²) in [5, 5.41) is 1.11. The van der Waals surface area contributed by atoms with Crippen molar-refractivity contribution in [3.63, 3.8) is 0 Å². The number of nitrogens with zero attached hydrogens (tertiary/aromatic N) is 3. The SMILES string of the molecule is CCCCn1c(SCC(=O)N(C(C)CC)C2CCS(=O)(=O)C2)nc2ccccc2c1=O. The van der Waals surface area contributed by atoms with Crippen molar-refractivity contribution < 1.29 is 13.2 Å². The third kappa shape index (κ3) is 5.49. The molecule has 0 aliphatic carbocycles. The Morgan fingerprint density at radius 3 is 2.71 bits per heavy atom. The molecular weight excluding hydrogens is 434 g/mol. The van der Waals surface area contributed by atoms with E-state index in [0.29, 0.717) is 29.0 Å². The van der Waals surface area contributed by atoms with Crippen LogP contribution in [0.2, 0.25) is 0 Å². The molecule has 3 rings (SSSR count). The van der Waals surface area contributed by atoms with Crippen molar-refractivity contribution in [1.29, 1.82) is 0 Å². The van der Waals surface area contributed by atoms with Gasteiger partial charge in [-0.25, -0.2) is 13.4 Å². The maximum atomic E-state index is 13.2. The monoisotopic (exact) mass is 465 g/mol. The Labute approximate surface area is 188 Å². The average molecular weight is 466 g/mol. The van der Waals surface area contributed by atoms with E-state index >= 15 is 0 Å². The van der Waals surface area contributed by atoms with Crippen LogP contribution in [0, 0.1) is 0 Å². The van der Waals surface area contributed by atoms with Gasteiger partial charge in [0.2, 0.25) is 5.91 Å². The van der Waals surface area contributed by atoms with Crippen molar-refractivity contribution in [3.8, 4) is 0 Å². The zero-order valence-corrected chi connectivity index (χ0v) is 20.0. The first-order valence-electron chi connectivity index (χ1n) is 10.9. The first kappa shape index (κ1) is 23.8. The Morgan fingerprint density at radius 1 is 1.32 bits per heavy atom. The number of thioether (sulfide) groups is 1. The van der Waals surface area contributed by atoms with Crippen molar-refractivity contribution in [2.45, 2.75) is 70.2 Å². The highest BCUT2D eigenvalue weighted by Crippen LogP contribution is 2.24. The van der Waals surface area contributed by atoms with Gasteiger partial charge in [-0.3, -0.25) is 14.2 Å². The Hall–Kier alpha value is -1.87. The fourth-order valence-electron chi connectivity index (χ4n) is 3.97. The van der Waals surface area contributed by atoms with E-state index in [1.807, 2.05) is 32.0 Å².